The van der Waals surface area contributed by atoms with Crippen molar-refractivity contribution in [3.05, 3.63) is 71.2 Å². The Morgan fingerprint density at radius 3 is 2.14 bits per heavy atom. The molecule has 2 aromatic carbocycles. The molecule has 3 N–H and O–H groups in total. The highest BCUT2D eigenvalue weighted by Gasteiger charge is 2.48. The molecule has 0 bridgehead atoms. The number of nitrogens with two attached hydrogens (primary N) is 1. The van der Waals surface area contributed by atoms with Gasteiger partial charge in [0.15, 0.2) is 0 Å². The molecule has 6 nitrogen and oxygen atoms in total. The molecule has 2 heterocycles. The van der Waals surface area contributed by atoms with Crippen molar-refractivity contribution in [2.75, 3.05) is 25.0 Å². The van der Waals surface area contributed by atoms with Crippen molar-refractivity contribution in [1.29, 1.82) is 0 Å². The van der Waals surface area contributed by atoms with Crippen molar-refractivity contribution >= 4 is 26.8 Å². The lowest BCUT2D eigenvalue weighted by molar-refractivity contribution is -0.141. The van der Waals surface area contributed by atoms with Gasteiger partial charge in [-0.3, -0.25) is 0 Å². The first-order valence-corrected chi connectivity index (χ1v) is 11.5. The number of alkyl halides is 6. The fraction of sp³-hybridized carbons (Fsp3) is 0.286. The number of pyridine rings is 1. The Bertz CT molecular complexity index is 1370. The van der Waals surface area contributed by atoms with Gasteiger partial charge in [0.05, 0.1) is 11.1 Å². The van der Waals surface area contributed by atoms with Crippen LogP contribution in [0.25, 0.3) is 10.9 Å². The van der Waals surface area contributed by atoms with E-state index in [2.05, 4.69) is 10.3 Å². The number of nitrogens with one attached hydrogen (secondary N) is 1. The van der Waals surface area contributed by atoms with Crippen LogP contribution in [0.2, 0.25) is 0 Å². The molecule has 0 radical (unpaired) electrons. The van der Waals surface area contributed by atoms with Gasteiger partial charge in [-0.2, -0.15) is 39.1 Å². The molecule has 0 unspecified atom stereocenters. The van der Waals surface area contributed by atoms with Gasteiger partial charge in [-0.25, -0.2) is 14.5 Å². The highest BCUT2D eigenvalue weighted by molar-refractivity contribution is 7.86. The number of fused-ring (bicyclic) bond motifs is 1. The van der Waals surface area contributed by atoms with Crippen molar-refractivity contribution in [1.82, 2.24) is 9.29 Å². The minimum Gasteiger partial charge on any atom is -0.383 e. The third kappa shape index (κ3) is 5.04. The van der Waals surface area contributed by atoms with E-state index in [0.29, 0.717) is 23.8 Å². The summed E-state index contributed by atoms with van der Waals surface area (Å²) in [6.07, 6.45) is -9.61. The van der Waals surface area contributed by atoms with Crippen LogP contribution >= 0.6 is 0 Å². The molecule has 0 atom stereocenters. The summed E-state index contributed by atoms with van der Waals surface area (Å²) in [6, 6.07) is 7.82. The lowest BCUT2D eigenvalue weighted by Gasteiger charge is -2.49. The van der Waals surface area contributed by atoms with Gasteiger partial charge in [-0.1, -0.05) is 12.1 Å². The molecule has 0 spiro atoms. The molecule has 3 aromatic rings. The van der Waals surface area contributed by atoms with E-state index in [9.17, 15) is 39.2 Å². The molecular weight excluding hydrogens is 505 g/mol. The van der Waals surface area contributed by atoms with E-state index < -0.39 is 45.1 Å². The monoisotopic (exact) mass is 522 g/mol. The van der Waals surface area contributed by atoms with Crippen LogP contribution in [0.3, 0.4) is 0 Å². The van der Waals surface area contributed by atoms with E-state index in [1.54, 1.807) is 0 Å². The normalized spacial score (nSPS) is 16.8. The van der Waals surface area contributed by atoms with Gasteiger partial charge >= 0.3 is 12.4 Å². The van der Waals surface area contributed by atoms with Crippen molar-refractivity contribution in [3.8, 4) is 0 Å². The number of rotatable bonds is 5. The molecular formula is C21H17F7N4O2S. The predicted molar refractivity (Wildman–Crippen MR) is 113 cm³/mol. The maximum Gasteiger partial charge on any atom is 0.433 e. The highest BCUT2D eigenvalue weighted by Crippen LogP contribution is 2.39. The third-order valence-electron chi connectivity index (χ3n) is 5.82. The maximum absolute atomic E-state index is 13.4. The second-order valence-corrected chi connectivity index (χ2v) is 9.78. The largest absolute Gasteiger partial charge is 0.433 e. The van der Waals surface area contributed by atoms with Gasteiger partial charge in [0.1, 0.15) is 11.5 Å². The van der Waals surface area contributed by atoms with E-state index in [-0.39, 0.29) is 36.2 Å². The third-order valence-corrected chi connectivity index (χ3v) is 6.80. The van der Waals surface area contributed by atoms with Gasteiger partial charge in [0.25, 0.3) is 10.2 Å². The summed E-state index contributed by atoms with van der Waals surface area (Å²) in [5.41, 5.74) is -3.54. The number of hydrogen-bond acceptors (Lipinski definition) is 4. The Kier molecular flexibility index (Phi) is 5.97. The van der Waals surface area contributed by atoms with Crippen molar-refractivity contribution < 1.29 is 39.2 Å². The summed E-state index contributed by atoms with van der Waals surface area (Å²) >= 11 is 0. The smallest absolute Gasteiger partial charge is 0.383 e. The number of benzene rings is 2. The average Bonchev–Trinajstić information content (AvgIpc) is 2.71. The van der Waals surface area contributed by atoms with E-state index in [1.807, 2.05) is 0 Å². The fourth-order valence-corrected chi connectivity index (χ4v) is 4.82. The second-order valence-electron chi connectivity index (χ2n) is 8.24. The predicted octanol–water partition coefficient (Wildman–Crippen LogP) is 4.28. The number of halogens is 7. The van der Waals surface area contributed by atoms with Crippen LogP contribution in [0.5, 0.6) is 0 Å². The van der Waals surface area contributed by atoms with Crippen LogP contribution in [0, 0.1) is 5.82 Å². The number of anilines is 1. The Hall–Kier alpha value is -2.97. The van der Waals surface area contributed by atoms with Gasteiger partial charge < -0.3 is 5.32 Å². The lowest BCUT2D eigenvalue weighted by atomic mass is 9.75. The molecule has 0 saturated carbocycles. The molecule has 14 heteroatoms. The second kappa shape index (κ2) is 8.31. The molecule has 1 fully saturated rings. The summed E-state index contributed by atoms with van der Waals surface area (Å²) in [5.74, 6) is -0.561. The first-order chi connectivity index (χ1) is 16.1. The van der Waals surface area contributed by atoms with Crippen LogP contribution < -0.4 is 10.5 Å². The van der Waals surface area contributed by atoms with E-state index in [0.717, 1.165) is 22.5 Å². The molecule has 1 saturated heterocycles. The maximum atomic E-state index is 13.4. The summed E-state index contributed by atoms with van der Waals surface area (Å²) in [7, 11) is -4.07. The zero-order valence-corrected chi connectivity index (χ0v) is 18.4. The summed E-state index contributed by atoms with van der Waals surface area (Å²) in [6.45, 7) is -0.530. The molecule has 4 rings (SSSR count). The molecule has 188 valence electrons. The van der Waals surface area contributed by atoms with Crippen molar-refractivity contribution in [2.24, 2.45) is 5.14 Å². The fourth-order valence-electron chi connectivity index (χ4n) is 3.97. The molecule has 1 aliphatic heterocycles. The van der Waals surface area contributed by atoms with Crippen molar-refractivity contribution in [2.45, 2.75) is 17.8 Å². The first kappa shape index (κ1) is 25.1. The molecule has 0 amide bonds. The molecule has 1 aliphatic rings. The van der Waals surface area contributed by atoms with E-state index in [1.165, 1.54) is 12.1 Å². The Labute approximate surface area is 194 Å². The zero-order chi connectivity index (χ0) is 25.8. The molecule has 35 heavy (non-hydrogen) atoms. The SMILES string of the molecule is NS(=O)(=O)N1CC(CNc2cc(C(F)(F)F)nc3ccc(C(F)(F)F)cc23)(c2ccc(F)cc2)C1. The molecule has 1 aromatic heterocycles. The Morgan fingerprint density at radius 1 is 0.971 bits per heavy atom. The quantitative estimate of drug-likeness (QED) is 0.490. The highest BCUT2D eigenvalue weighted by atomic mass is 32.2. The average molecular weight is 522 g/mol. The minimum absolute atomic E-state index is 0.173. The number of aromatic nitrogens is 1. The molecule has 0 aliphatic carbocycles. The van der Waals surface area contributed by atoms with Crippen molar-refractivity contribution in [3.63, 3.8) is 0 Å². The van der Waals surface area contributed by atoms with Gasteiger partial charge in [0, 0.05) is 36.1 Å². The summed E-state index contributed by atoms with van der Waals surface area (Å²) < 4.78 is 118. The minimum atomic E-state index is -4.87. The van der Waals surface area contributed by atoms with Crippen LogP contribution in [0.4, 0.5) is 36.4 Å². The van der Waals surface area contributed by atoms with Gasteiger partial charge in [-0.05, 0) is 42.0 Å². The number of hydrogen-bond donors (Lipinski definition) is 2. The Balaban J connectivity index is 1.76. The van der Waals surface area contributed by atoms with E-state index in [4.69, 9.17) is 5.14 Å². The van der Waals surface area contributed by atoms with Gasteiger partial charge in [0.2, 0.25) is 0 Å². The van der Waals surface area contributed by atoms with Crippen LogP contribution in [0.15, 0.2) is 48.5 Å². The topological polar surface area (TPSA) is 88.3 Å². The standard InChI is InChI=1S/C21H17F7N4O2S/c22-14-4-1-12(2-5-14)19(10-32(11-19)35(29,33)34)9-30-17-8-18(21(26,27)28)31-16-6-3-13(7-15(16)17)20(23,24)25/h1-8H,9-11H2,(H,30,31)(H2,29,33,34). The van der Waals surface area contributed by atoms with Crippen LogP contribution in [0.1, 0.15) is 16.8 Å². The first-order valence-electron chi connectivity index (χ1n) is 9.96. The summed E-state index contributed by atoms with van der Waals surface area (Å²) in [4.78, 5) is 3.44. The van der Waals surface area contributed by atoms with Crippen LogP contribution in [-0.2, 0) is 28.0 Å². The number of nitrogens with zero attached hydrogens (tertiary/aromatic N) is 2. The Morgan fingerprint density at radius 2 is 1.60 bits per heavy atom. The van der Waals surface area contributed by atoms with E-state index >= 15 is 0 Å². The summed E-state index contributed by atoms with van der Waals surface area (Å²) in [5, 5.41) is 7.69. The zero-order valence-electron chi connectivity index (χ0n) is 17.6. The van der Waals surface area contributed by atoms with Crippen LogP contribution in [-0.4, -0.2) is 37.3 Å². The lowest BCUT2D eigenvalue weighted by Crippen LogP contribution is -2.65. The van der Waals surface area contributed by atoms with Gasteiger partial charge in [-0.15, -0.1) is 0 Å².